The third-order valence-corrected chi connectivity index (χ3v) is 2.76. The predicted octanol–water partition coefficient (Wildman–Crippen LogP) is 1.89. The fraction of sp³-hybridized carbons (Fsp3) is 0.500. The Morgan fingerprint density at radius 3 is 2.59 bits per heavy atom. The van der Waals surface area contributed by atoms with Crippen LogP contribution in [-0.4, -0.2) is 30.9 Å². The van der Waals surface area contributed by atoms with Crippen LogP contribution in [0.5, 0.6) is 0 Å². The van der Waals surface area contributed by atoms with E-state index < -0.39 is 0 Å². The van der Waals surface area contributed by atoms with Gasteiger partial charge >= 0.3 is 0 Å². The summed E-state index contributed by atoms with van der Waals surface area (Å²) in [6.45, 7) is 6.34. The first kappa shape index (κ1) is 13.7. The summed E-state index contributed by atoms with van der Waals surface area (Å²) in [6.07, 6.45) is 0. The van der Waals surface area contributed by atoms with Crippen LogP contribution in [0.3, 0.4) is 0 Å². The van der Waals surface area contributed by atoms with Gasteiger partial charge in [0.1, 0.15) is 0 Å². The molecular weight excluding hydrogens is 212 g/mol. The molecule has 1 rings (SSSR count). The third kappa shape index (κ3) is 4.57. The average molecular weight is 234 g/mol. The topological polar surface area (TPSA) is 32.3 Å². The fourth-order valence-corrected chi connectivity index (χ4v) is 1.76. The molecule has 0 saturated carbocycles. The van der Waals surface area contributed by atoms with Gasteiger partial charge in [-0.2, -0.15) is 0 Å². The molecule has 94 valence electrons. The van der Waals surface area contributed by atoms with Crippen molar-refractivity contribution in [2.75, 3.05) is 20.1 Å². The molecule has 0 heterocycles. The zero-order valence-electron chi connectivity index (χ0n) is 10.9. The van der Waals surface area contributed by atoms with E-state index >= 15 is 0 Å². The molecule has 0 spiro atoms. The average Bonchev–Trinajstić information content (AvgIpc) is 2.36. The Hall–Kier alpha value is -1.35. The molecule has 1 unspecified atom stereocenters. The van der Waals surface area contributed by atoms with Gasteiger partial charge in [-0.15, -0.1) is 0 Å². The Balaban J connectivity index is 2.47. The number of hydrogen-bond donors (Lipinski definition) is 1. The molecule has 0 bridgehead atoms. The molecule has 1 aromatic carbocycles. The number of nitrogens with one attached hydrogen (secondary N) is 1. The zero-order chi connectivity index (χ0) is 12.7. The van der Waals surface area contributed by atoms with Crippen molar-refractivity contribution in [2.45, 2.75) is 20.4 Å². The van der Waals surface area contributed by atoms with Crippen molar-refractivity contribution in [1.29, 1.82) is 0 Å². The minimum atomic E-state index is 0.0312. The van der Waals surface area contributed by atoms with E-state index in [1.165, 1.54) is 5.56 Å². The van der Waals surface area contributed by atoms with E-state index in [4.69, 9.17) is 0 Å². The first-order valence-corrected chi connectivity index (χ1v) is 6.14. The SMILES string of the molecule is CCNCC(C)C(=O)N(C)Cc1ccccc1. The Labute approximate surface area is 104 Å². The van der Waals surface area contributed by atoms with Crippen molar-refractivity contribution in [2.24, 2.45) is 5.92 Å². The lowest BCUT2D eigenvalue weighted by atomic mass is 10.1. The van der Waals surface area contributed by atoms with Crippen LogP contribution in [0.2, 0.25) is 0 Å². The highest BCUT2D eigenvalue weighted by Crippen LogP contribution is 2.06. The molecule has 0 aliphatic heterocycles. The maximum absolute atomic E-state index is 12.0. The van der Waals surface area contributed by atoms with E-state index in [0.717, 1.165) is 13.1 Å². The van der Waals surface area contributed by atoms with Crippen molar-refractivity contribution in [1.82, 2.24) is 10.2 Å². The molecule has 0 aliphatic carbocycles. The van der Waals surface area contributed by atoms with Gasteiger partial charge in [-0.3, -0.25) is 4.79 Å². The summed E-state index contributed by atoms with van der Waals surface area (Å²) in [5.74, 6) is 0.221. The summed E-state index contributed by atoms with van der Waals surface area (Å²) < 4.78 is 0. The smallest absolute Gasteiger partial charge is 0.226 e. The molecule has 0 saturated heterocycles. The normalized spacial score (nSPS) is 12.2. The van der Waals surface area contributed by atoms with Gasteiger partial charge in [0.05, 0.1) is 0 Å². The predicted molar refractivity (Wildman–Crippen MR) is 70.6 cm³/mol. The first-order chi connectivity index (χ1) is 8.15. The number of carbonyl (C=O) groups is 1. The highest BCUT2D eigenvalue weighted by atomic mass is 16.2. The molecule has 0 fully saturated rings. The number of hydrogen-bond acceptors (Lipinski definition) is 2. The van der Waals surface area contributed by atoms with E-state index in [2.05, 4.69) is 5.32 Å². The van der Waals surface area contributed by atoms with Crippen LogP contribution in [0.25, 0.3) is 0 Å². The minimum absolute atomic E-state index is 0.0312. The standard InChI is InChI=1S/C14H22N2O/c1-4-15-10-12(2)14(17)16(3)11-13-8-6-5-7-9-13/h5-9,12,15H,4,10-11H2,1-3H3. The van der Waals surface area contributed by atoms with Crippen molar-refractivity contribution in [3.8, 4) is 0 Å². The lowest BCUT2D eigenvalue weighted by Gasteiger charge is -2.21. The number of amides is 1. The fourth-order valence-electron chi connectivity index (χ4n) is 1.76. The summed E-state index contributed by atoms with van der Waals surface area (Å²) in [4.78, 5) is 13.8. The largest absolute Gasteiger partial charge is 0.341 e. The Bertz CT molecular complexity index is 337. The highest BCUT2D eigenvalue weighted by Gasteiger charge is 2.16. The monoisotopic (exact) mass is 234 g/mol. The molecule has 3 nitrogen and oxygen atoms in total. The molecule has 17 heavy (non-hydrogen) atoms. The van der Waals surface area contributed by atoms with E-state index in [1.807, 2.05) is 51.2 Å². The molecule has 1 amide bonds. The third-order valence-electron chi connectivity index (χ3n) is 2.76. The molecule has 1 N–H and O–H groups in total. The van der Waals surface area contributed by atoms with Gasteiger partial charge in [0.15, 0.2) is 0 Å². The van der Waals surface area contributed by atoms with Gasteiger partial charge in [0.25, 0.3) is 0 Å². The van der Waals surface area contributed by atoms with Gasteiger partial charge in [-0.05, 0) is 12.1 Å². The van der Waals surface area contributed by atoms with Crippen LogP contribution in [-0.2, 0) is 11.3 Å². The zero-order valence-corrected chi connectivity index (χ0v) is 10.9. The summed E-state index contributed by atoms with van der Waals surface area (Å²) in [5, 5.41) is 3.20. The quantitative estimate of drug-likeness (QED) is 0.815. The Kier molecular flexibility index (Phi) is 5.70. The van der Waals surface area contributed by atoms with Crippen LogP contribution in [0.4, 0.5) is 0 Å². The number of nitrogens with zero attached hydrogens (tertiary/aromatic N) is 1. The summed E-state index contributed by atoms with van der Waals surface area (Å²) in [7, 11) is 1.86. The van der Waals surface area contributed by atoms with Crippen molar-refractivity contribution in [3.05, 3.63) is 35.9 Å². The van der Waals surface area contributed by atoms with Crippen molar-refractivity contribution < 1.29 is 4.79 Å². The van der Waals surface area contributed by atoms with E-state index in [-0.39, 0.29) is 11.8 Å². The molecule has 1 atom stereocenters. The maximum Gasteiger partial charge on any atom is 0.226 e. The summed E-state index contributed by atoms with van der Waals surface area (Å²) in [6, 6.07) is 10.1. The number of rotatable bonds is 6. The van der Waals surface area contributed by atoms with Crippen LogP contribution in [0.1, 0.15) is 19.4 Å². The molecular formula is C14H22N2O. The molecule has 0 aromatic heterocycles. The molecule has 0 radical (unpaired) electrons. The lowest BCUT2D eigenvalue weighted by Crippen LogP contribution is -2.36. The van der Waals surface area contributed by atoms with E-state index in [1.54, 1.807) is 4.90 Å². The van der Waals surface area contributed by atoms with Crippen molar-refractivity contribution >= 4 is 5.91 Å². The minimum Gasteiger partial charge on any atom is -0.341 e. The van der Waals surface area contributed by atoms with Crippen molar-refractivity contribution in [3.63, 3.8) is 0 Å². The summed E-state index contributed by atoms with van der Waals surface area (Å²) >= 11 is 0. The van der Waals surface area contributed by atoms with Crippen LogP contribution < -0.4 is 5.32 Å². The molecule has 0 aliphatic rings. The van der Waals surface area contributed by atoms with E-state index in [9.17, 15) is 4.79 Å². The van der Waals surface area contributed by atoms with Crippen LogP contribution >= 0.6 is 0 Å². The Morgan fingerprint density at radius 2 is 2.00 bits per heavy atom. The van der Waals surface area contributed by atoms with Gasteiger partial charge in [-0.25, -0.2) is 0 Å². The van der Waals surface area contributed by atoms with Crippen LogP contribution in [0, 0.1) is 5.92 Å². The van der Waals surface area contributed by atoms with Gasteiger partial charge in [0.2, 0.25) is 5.91 Å². The molecule has 3 heteroatoms. The lowest BCUT2D eigenvalue weighted by molar-refractivity contribution is -0.134. The number of carbonyl (C=O) groups excluding carboxylic acids is 1. The Morgan fingerprint density at radius 1 is 1.35 bits per heavy atom. The maximum atomic E-state index is 12.0. The van der Waals surface area contributed by atoms with Gasteiger partial charge in [-0.1, -0.05) is 44.2 Å². The van der Waals surface area contributed by atoms with Gasteiger partial charge in [0, 0.05) is 26.1 Å². The second kappa shape index (κ2) is 7.07. The second-order valence-electron chi connectivity index (χ2n) is 4.39. The van der Waals surface area contributed by atoms with Crippen LogP contribution in [0.15, 0.2) is 30.3 Å². The number of benzene rings is 1. The second-order valence-corrected chi connectivity index (χ2v) is 4.39. The summed E-state index contributed by atoms with van der Waals surface area (Å²) in [5.41, 5.74) is 1.17. The van der Waals surface area contributed by atoms with Gasteiger partial charge < -0.3 is 10.2 Å². The molecule has 1 aromatic rings. The van der Waals surface area contributed by atoms with E-state index in [0.29, 0.717) is 6.54 Å². The first-order valence-electron chi connectivity index (χ1n) is 6.14. The highest BCUT2D eigenvalue weighted by molar-refractivity contribution is 5.78.